The fourth-order valence-corrected chi connectivity index (χ4v) is 1.05. The van der Waals surface area contributed by atoms with Gasteiger partial charge in [-0.3, -0.25) is 0 Å². The van der Waals surface area contributed by atoms with Gasteiger partial charge < -0.3 is 14.4 Å². The second-order valence-corrected chi connectivity index (χ2v) is 2.60. The van der Waals surface area contributed by atoms with E-state index >= 15 is 0 Å². The van der Waals surface area contributed by atoms with Gasteiger partial charge >= 0.3 is 5.97 Å². The zero-order valence-corrected chi connectivity index (χ0v) is 7.98. The Bertz CT molecular complexity index is 354. The lowest BCUT2D eigenvalue weighted by Gasteiger charge is -1.97. The lowest BCUT2D eigenvalue weighted by molar-refractivity contribution is 0.0525. The molecule has 0 aromatic carbocycles. The molecule has 0 radical (unpaired) electrons. The molecule has 1 heterocycles. The molecule has 1 N–H and O–H groups in total. The van der Waals surface area contributed by atoms with Crippen molar-refractivity contribution in [2.75, 3.05) is 6.61 Å². The largest absolute Gasteiger partial charge is 0.462 e. The van der Waals surface area contributed by atoms with E-state index in [1.807, 2.05) is 0 Å². The van der Waals surface area contributed by atoms with Gasteiger partial charge in [0.1, 0.15) is 17.5 Å². The highest BCUT2D eigenvalue weighted by Gasteiger charge is 2.16. The fourth-order valence-electron chi connectivity index (χ4n) is 1.05. The van der Waals surface area contributed by atoms with Crippen LogP contribution >= 0.6 is 0 Å². The van der Waals surface area contributed by atoms with Crippen LogP contribution < -0.4 is 0 Å². The first kappa shape index (κ1) is 10.3. The van der Waals surface area contributed by atoms with Gasteiger partial charge in [-0.1, -0.05) is 5.16 Å². The van der Waals surface area contributed by atoms with Crippen LogP contribution in [0.2, 0.25) is 0 Å². The molecular weight excluding hydrogens is 186 g/mol. The van der Waals surface area contributed by atoms with E-state index in [1.54, 1.807) is 13.8 Å². The maximum Gasteiger partial charge on any atom is 0.342 e. The Kier molecular flexibility index (Phi) is 3.28. The first-order chi connectivity index (χ1) is 6.69. The van der Waals surface area contributed by atoms with E-state index in [0.717, 1.165) is 6.21 Å². The SMILES string of the molecule is CCOC(=O)c1cc(C)oc1C=NO. The Morgan fingerprint density at radius 1 is 1.79 bits per heavy atom. The smallest absolute Gasteiger partial charge is 0.342 e. The number of nitrogens with zero attached hydrogens (tertiary/aromatic N) is 1. The highest BCUT2D eigenvalue weighted by molar-refractivity contribution is 5.97. The Hall–Kier alpha value is -1.78. The molecule has 0 aliphatic rings. The minimum atomic E-state index is -0.487. The second kappa shape index (κ2) is 4.45. The van der Waals surface area contributed by atoms with Crippen molar-refractivity contribution < 1.29 is 19.2 Å². The first-order valence-corrected chi connectivity index (χ1v) is 4.14. The maximum atomic E-state index is 11.3. The van der Waals surface area contributed by atoms with Gasteiger partial charge in [0.2, 0.25) is 0 Å². The van der Waals surface area contributed by atoms with Crippen LogP contribution in [0.25, 0.3) is 0 Å². The highest BCUT2D eigenvalue weighted by Crippen LogP contribution is 2.14. The molecule has 0 spiro atoms. The van der Waals surface area contributed by atoms with E-state index in [9.17, 15) is 4.79 Å². The second-order valence-electron chi connectivity index (χ2n) is 2.60. The lowest BCUT2D eigenvalue weighted by Crippen LogP contribution is -2.05. The number of esters is 1. The summed E-state index contributed by atoms with van der Waals surface area (Å²) in [5.74, 6) is 0.269. The van der Waals surface area contributed by atoms with Crippen LogP contribution in [0.4, 0.5) is 0 Å². The van der Waals surface area contributed by atoms with Gasteiger partial charge in [-0.25, -0.2) is 4.79 Å². The molecule has 0 aliphatic heterocycles. The summed E-state index contributed by atoms with van der Waals surface area (Å²) in [6, 6.07) is 1.54. The number of carbonyl (C=O) groups excluding carboxylic acids is 1. The fraction of sp³-hybridized carbons (Fsp3) is 0.333. The summed E-state index contributed by atoms with van der Waals surface area (Å²) in [7, 11) is 0. The van der Waals surface area contributed by atoms with E-state index in [0.29, 0.717) is 12.4 Å². The third kappa shape index (κ3) is 2.12. The van der Waals surface area contributed by atoms with Crippen molar-refractivity contribution in [2.24, 2.45) is 5.16 Å². The molecular formula is C9H11NO4. The van der Waals surface area contributed by atoms with Crippen molar-refractivity contribution in [2.45, 2.75) is 13.8 Å². The van der Waals surface area contributed by atoms with Gasteiger partial charge in [-0.2, -0.15) is 0 Å². The van der Waals surface area contributed by atoms with Crippen molar-refractivity contribution in [3.63, 3.8) is 0 Å². The topological polar surface area (TPSA) is 72.0 Å². The van der Waals surface area contributed by atoms with Crippen molar-refractivity contribution in [3.05, 3.63) is 23.2 Å². The zero-order chi connectivity index (χ0) is 10.6. The van der Waals surface area contributed by atoms with Gasteiger partial charge in [-0.15, -0.1) is 0 Å². The summed E-state index contributed by atoms with van der Waals surface area (Å²) in [5.41, 5.74) is 0.266. The molecule has 5 nitrogen and oxygen atoms in total. The highest BCUT2D eigenvalue weighted by atomic mass is 16.5. The average molecular weight is 197 g/mol. The zero-order valence-electron chi connectivity index (χ0n) is 7.98. The normalized spacial score (nSPS) is 10.7. The summed E-state index contributed by atoms with van der Waals surface area (Å²) >= 11 is 0. The van der Waals surface area contributed by atoms with Crippen LogP contribution in [0.5, 0.6) is 0 Å². The molecule has 0 saturated heterocycles. The molecule has 0 saturated carbocycles. The molecule has 1 aromatic heterocycles. The molecule has 0 unspecified atom stereocenters. The van der Waals surface area contributed by atoms with Gasteiger partial charge in [-0.05, 0) is 19.9 Å². The number of aryl methyl sites for hydroxylation is 1. The molecule has 0 amide bonds. The van der Waals surface area contributed by atoms with Crippen LogP contribution in [0.15, 0.2) is 15.6 Å². The molecule has 0 atom stereocenters. The molecule has 5 heteroatoms. The van der Waals surface area contributed by atoms with Crippen molar-refractivity contribution in [1.82, 2.24) is 0 Å². The van der Waals surface area contributed by atoms with Crippen molar-refractivity contribution in [3.8, 4) is 0 Å². The minimum absolute atomic E-state index is 0.198. The van der Waals surface area contributed by atoms with E-state index in [4.69, 9.17) is 14.4 Å². The van der Waals surface area contributed by atoms with Crippen molar-refractivity contribution >= 4 is 12.2 Å². The summed E-state index contributed by atoms with van der Waals surface area (Å²) in [5, 5.41) is 11.1. The third-order valence-electron chi connectivity index (χ3n) is 1.55. The molecule has 0 bridgehead atoms. The van der Waals surface area contributed by atoms with Gasteiger partial charge in [0.15, 0.2) is 5.76 Å². The Balaban J connectivity index is 3.00. The number of hydrogen-bond acceptors (Lipinski definition) is 5. The number of rotatable bonds is 3. The van der Waals surface area contributed by atoms with E-state index < -0.39 is 5.97 Å². The van der Waals surface area contributed by atoms with E-state index in [1.165, 1.54) is 6.07 Å². The van der Waals surface area contributed by atoms with Crippen LogP contribution in [0.3, 0.4) is 0 Å². The standard InChI is InChI=1S/C9H11NO4/c1-3-13-9(11)7-4-6(2)14-8(7)5-10-12/h4-5,12H,3H2,1-2H3. The van der Waals surface area contributed by atoms with Gasteiger partial charge in [0.25, 0.3) is 0 Å². The molecule has 14 heavy (non-hydrogen) atoms. The minimum Gasteiger partial charge on any atom is -0.462 e. The maximum absolute atomic E-state index is 11.3. The average Bonchev–Trinajstić information content (AvgIpc) is 2.48. The summed E-state index contributed by atoms with van der Waals surface area (Å²) < 4.78 is 9.90. The van der Waals surface area contributed by atoms with Crippen LogP contribution in [-0.2, 0) is 4.74 Å². The Morgan fingerprint density at radius 3 is 3.07 bits per heavy atom. The molecule has 1 aromatic rings. The summed E-state index contributed by atoms with van der Waals surface area (Å²) in [4.78, 5) is 11.3. The Labute approximate surface area is 81.0 Å². The van der Waals surface area contributed by atoms with Crippen molar-refractivity contribution in [1.29, 1.82) is 0 Å². The van der Waals surface area contributed by atoms with E-state index in [2.05, 4.69) is 5.16 Å². The number of ether oxygens (including phenoxy) is 1. The monoisotopic (exact) mass is 197 g/mol. The van der Waals surface area contributed by atoms with E-state index in [-0.39, 0.29) is 11.3 Å². The number of hydrogen-bond donors (Lipinski definition) is 1. The summed E-state index contributed by atoms with van der Waals surface area (Å²) in [6.45, 7) is 3.70. The molecule has 0 fully saturated rings. The van der Waals surface area contributed by atoms with Crippen LogP contribution in [0, 0.1) is 6.92 Å². The Morgan fingerprint density at radius 2 is 2.50 bits per heavy atom. The van der Waals surface area contributed by atoms with Crippen LogP contribution in [0.1, 0.15) is 28.8 Å². The summed E-state index contributed by atoms with van der Waals surface area (Å²) in [6.07, 6.45) is 1.05. The number of furan rings is 1. The van der Waals surface area contributed by atoms with Gasteiger partial charge in [0.05, 0.1) is 6.61 Å². The van der Waals surface area contributed by atoms with Gasteiger partial charge in [0, 0.05) is 0 Å². The van der Waals surface area contributed by atoms with Crippen LogP contribution in [-0.4, -0.2) is 24.0 Å². The number of oxime groups is 1. The quantitative estimate of drug-likeness (QED) is 0.345. The molecule has 1 rings (SSSR count). The first-order valence-electron chi connectivity index (χ1n) is 4.14. The lowest BCUT2D eigenvalue weighted by atomic mass is 10.2. The third-order valence-corrected chi connectivity index (χ3v) is 1.55. The molecule has 0 aliphatic carbocycles. The predicted octanol–water partition coefficient (Wildman–Crippen LogP) is 1.57. The molecule has 76 valence electrons. The predicted molar refractivity (Wildman–Crippen MR) is 48.8 cm³/mol. The number of carbonyl (C=O) groups is 1.